The van der Waals surface area contributed by atoms with Gasteiger partial charge in [-0.1, -0.05) is 17.7 Å². The molecule has 0 bridgehead atoms. The molecule has 1 aromatic rings. The van der Waals surface area contributed by atoms with Gasteiger partial charge in [0.05, 0.1) is 4.90 Å². The second kappa shape index (κ2) is 4.11. The van der Waals surface area contributed by atoms with Crippen LogP contribution in [-0.2, 0) is 9.84 Å². The topological polar surface area (TPSA) is 34.1 Å². The fourth-order valence-electron chi connectivity index (χ4n) is 0.827. The van der Waals surface area contributed by atoms with Gasteiger partial charge < -0.3 is 0 Å². The zero-order valence-electron chi connectivity index (χ0n) is 6.91. The van der Waals surface area contributed by atoms with Gasteiger partial charge in [-0.15, -0.1) is 0 Å². The Morgan fingerprint density at radius 3 is 2.23 bits per heavy atom. The Morgan fingerprint density at radius 2 is 1.77 bits per heavy atom. The van der Waals surface area contributed by atoms with E-state index >= 15 is 0 Å². The van der Waals surface area contributed by atoms with E-state index in [0.717, 1.165) is 5.56 Å². The molecule has 68 valence electrons. The van der Waals surface area contributed by atoms with Crippen molar-refractivity contribution in [2.75, 3.05) is 0 Å². The molecule has 0 saturated carbocycles. The van der Waals surface area contributed by atoms with Gasteiger partial charge in [-0.25, -0.2) is 8.42 Å². The summed E-state index contributed by atoms with van der Waals surface area (Å²) in [6.07, 6.45) is 0. The van der Waals surface area contributed by atoms with Gasteiger partial charge in [-0.3, -0.25) is 0 Å². The molecule has 0 amide bonds. The minimum atomic E-state index is -3.40. The Bertz CT molecular complexity index is 449. The van der Waals surface area contributed by atoms with Crippen LogP contribution in [0.15, 0.2) is 29.2 Å². The molecule has 0 fully saturated rings. The summed E-state index contributed by atoms with van der Waals surface area (Å²) in [7, 11) is -3.40. The van der Waals surface area contributed by atoms with Crippen molar-refractivity contribution in [3.63, 3.8) is 0 Å². The van der Waals surface area contributed by atoms with Crippen molar-refractivity contribution in [1.82, 2.24) is 0 Å². The van der Waals surface area contributed by atoms with Crippen molar-refractivity contribution in [2.45, 2.75) is 11.8 Å². The average molecular weight is 306 g/mol. The first kappa shape index (κ1) is 10.5. The van der Waals surface area contributed by atoms with Crippen LogP contribution >= 0.6 is 22.6 Å². The molecule has 0 aromatic heterocycles. The fourth-order valence-corrected chi connectivity index (χ4v) is 2.41. The molecule has 0 N–H and O–H groups in total. The van der Waals surface area contributed by atoms with Crippen LogP contribution in [0.1, 0.15) is 5.56 Å². The first-order valence-corrected chi connectivity index (χ1v) is 6.06. The van der Waals surface area contributed by atoms with Crippen LogP contribution in [0.2, 0.25) is 0 Å². The molecule has 0 aliphatic heterocycles. The van der Waals surface area contributed by atoms with E-state index in [4.69, 9.17) is 0 Å². The van der Waals surface area contributed by atoms with Gasteiger partial charge in [0.2, 0.25) is 9.84 Å². The lowest BCUT2D eigenvalue weighted by Crippen LogP contribution is -1.95. The first-order valence-electron chi connectivity index (χ1n) is 3.50. The zero-order valence-corrected chi connectivity index (χ0v) is 9.89. The third-order valence-electron chi connectivity index (χ3n) is 1.50. The summed E-state index contributed by atoms with van der Waals surface area (Å²) in [6.45, 7) is 1.90. The molecule has 0 radical (unpaired) electrons. The van der Waals surface area contributed by atoms with Gasteiger partial charge in [0.15, 0.2) is 0 Å². The van der Waals surface area contributed by atoms with Gasteiger partial charge in [0.25, 0.3) is 0 Å². The van der Waals surface area contributed by atoms with E-state index in [1.165, 1.54) is 0 Å². The molecular weight excluding hydrogens is 299 g/mol. The van der Waals surface area contributed by atoms with Crippen molar-refractivity contribution in [2.24, 2.45) is 0 Å². The fraction of sp³-hybridized carbons (Fsp3) is 0.111. The van der Waals surface area contributed by atoms with Gasteiger partial charge in [0.1, 0.15) is 0 Å². The highest BCUT2D eigenvalue weighted by Crippen LogP contribution is 2.10. The summed E-state index contributed by atoms with van der Waals surface area (Å²) in [5.74, 6) is 0. The first-order chi connectivity index (χ1) is 6.06. The van der Waals surface area contributed by atoms with Crippen molar-refractivity contribution in [3.05, 3.63) is 29.8 Å². The molecule has 13 heavy (non-hydrogen) atoms. The molecule has 4 heteroatoms. The maximum absolute atomic E-state index is 11.4. The number of benzene rings is 1. The lowest BCUT2D eigenvalue weighted by molar-refractivity contribution is 0.606. The zero-order chi connectivity index (χ0) is 9.90. The Morgan fingerprint density at radius 1 is 1.23 bits per heavy atom. The summed E-state index contributed by atoms with van der Waals surface area (Å²) in [6, 6.07) is 6.63. The van der Waals surface area contributed by atoms with Crippen LogP contribution in [0.4, 0.5) is 0 Å². The highest BCUT2D eigenvalue weighted by atomic mass is 127. The maximum atomic E-state index is 11.4. The molecule has 1 aromatic carbocycles. The molecule has 0 saturated heterocycles. The Kier molecular flexibility index (Phi) is 3.33. The van der Waals surface area contributed by atoms with Crippen LogP contribution in [0.25, 0.3) is 0 Å². The van der Waals surface area contributed by atoms with Crippen LogP contribution in [0.3, 0.4) is 0 Å². The Labute approximate surface area is 91.4 Å². The molecule has 0 aliphatic carbocycles. The predicted octanol–water partition coefficient (Wildman–Crippen LogP) is 2.12. The van der Waals surface area contributed by atoms with Gasteiger partial charge >= 0.3 is 0 Å². The largest absolute Gasteiger partial charge is 0.245 e. The molecule has 0 spiro atoms. The summed E-state index contributed by atoms with van der Waals surface area (Å²) < 4.78 is 25.1. The highest BCUT2D eigenvalue weighted by molar-refractivity contribution is 14.1. The number of hydrogen-bond donors (Lipinski definition) is 0. The average Bonchev–Trinajstić information content (AvgIpc) is 2.05. The number of aryl methyl sites for hydroxylation is 1. The summed E-state index contributed by atoms with van der Waals surface area (Å²) in [4.78, 5) is 0.252. The monoisotopic (exact) mass is 306 g/mol. The lowest BCUT2D eigenvalue weighted by Gasteiger charge is -1.96. The summed E-state index contributed by atoms with van der Waals surface area (Å²) in [5.41, 5.74) is 1.03. The quantitative estimate of drug-likeness (QED) is 0.588. The maximum Gasteiger partial charge on any atom is 0.245 e. The molecular formula is C9H7IO2S. The third-order valence-corrected chi connectivity index (χ3v) is 3.40. The van der Waals surface area contributed by atoms with Gasteiger partial charge in [0, 0.05) is 27.8 Å². The van der Waals surface area contributed by atoms with Crippen molar-refractivity contribution in [3.8, 4) is 9.18 Å². The van der Waals surface area contributed by atoms with E-state index < -0.39 is 9.84 Å². The van der Waals surface area contributed by atoms with E-state index in [1.807, 2.05) is 6.92 Å². The molecule has 0 aliphatic rings. The molecule has 1 rings (SSSR count). The van der Waals surface area contributed by atoms with Crippen LogP contribution in [0.5, 0.6) is 0 Å². The van der Waals surface area contributed by atoms with Gasteiger partial charge in [-0.2, -0.15) is 0 Å². The molecule has 0 atom stereocenters. The van der Waals surface area contributed by atoms with E-state index in [0.29, 0.717) is 0 Å². The summed E-state index contributed by atoms with van der Waals surface area (Å²) in [5, 5.41) is 2.17. The third kappa shape index (κ3) is 2.71. The van der Waals surface area contributed by atoms with E-state index in [1.54, 1.807) is 46.9 Å². The SMILES string of the molecule is Cc1ccc(S(=O)(=O)C#CI)cc1. The summed E-state index contributed by atoms with van der Waals surface area (Å²) >= 11 is 1.71. The normalized spacial score (nSPS) is 10.3. The second-order valence-electron chi connectivity index (χ2n) is 2.51. The molecule has 2 nitrogen and oxygen atoms in total. The van der Waals surface area contributed by atoms with E-state index in [2.05, 4.69) is 9.18 Å². The van der Waals surface area contributed by atoms with Crippen molar-refractivity contribution < 1.29 is 8.42 Å². The smallest absolute Gasteiger partial charge is 0.210 e. The molecule has 0 unspecified atom stereocenters. The standard InChI is InChI=1S/C9H7IO2S/c1-8-2-4-9(5-3-8)13(11,12)7-6-10/h2-5H,1H3. The second-order valence-corrected chi connectivity index (χ2v) is 4.73. The van der Waals surface area contributed by atoms with Crippen molar-refractivity contribution in [1.29, 1.82) is 0 Å². The van der Waals surface area contributed by atoms with Crippen molar-refractivity contribution >= 4 is 32.4 Å². The van der Waals surface area contributed by atoms with E-state index in [-0.39, 0.29) is 4.90 Å². The number of hydrogen-bond acceptors (Lipinski definition) is 2. The number of rotatable bonds is 1. The Balaban J connectivity index is 3.22. The Hall–Kier alpha value is -0.540. The minimum Gasteiger partial charge on any atom is -0.210 e. The van der Waals surface area contributed by atoms with Crippen LogP contribution in [-0.4, -0.2) is 8.42 Å². The predicted molar refractivity (Wildman–Crippen MR) is 60.2 cm³/mol. The molecule has 0 heterocycles. The number of halogens is 1. The van der Waals surface area contributed by atoms with E-state index in [9.17, 15) is 8.42 Å². The van der Waals surface area contributed by atoms with Crippen LogP contribution in [0, 0.1) is 16.1 Å². The lowest BCUT2D eigenvalue weighted by atomic mass is 10.2. The minimum absolute atomic E-state index is 0.252. The van der Waals surface area contributed by atoms with Gasteiger partial charge in [-0.05, 0) is 23.0 Å². The van der Waals surface area contributed by atoms with Crippen LogP contribution < -0.4 is 0 Å². The number of sulfone groups is 1. The highest BCUT2D eigenvalue weighted by Gasteiger charge is 2.08.